The van der Waals surface area contributed by atoms with E-state index in [0.717, 1.165) is 0 Å². The summed E-state index contributed by atoms with van der Waals surface area (Å²) >= 11 is 0. The Kier molecular flexibility index (Phi) is 9.63. The van der Waals surface area contributed by atoms with Crippen molar-refractivity contribution in [2.45, 2.75) is 26.1 Å². The van der Waals surface area contributed by atoms with Crippen LogP contribution in [0.1, 0.15) is 13.8 Å². The average Bonchev–Trinajstić information content (AvgIpc) is 2.41. The largest absolute Gasteiger partial charge is 0.460 e. The minimum Gasteiger partial charge on any atom is -0.460 e. The molecule has 0 aromatic carbocycles. The number of rotatable bonds is 10. The second-order valence-electron chi connectivity index (χ2n) is 3.61. The topological polar surface area (TPSA) is 88.1 Å². The highest BCUT2D eigenvalue weighted by Crippen LogP contribution is 2.28. The maximum atomic E-state index is 11.5. The van der Waals surface area contributed by atoms with Crippen molar-refractivity contribution in [2.24, 2.45) is 0 Å². The van der Waals surface area contributed by atoms with E-state index in [2.05, 4.69) is 13.2 Å². The molecule has 8 heteroatoms. The fourth-order valence-corrected chi connectivity index (χ4v) is 1.75. The van der Waals surface area contributed by atoms with Crippen molar-refractivity contribution < 1.29 is 32.7 Å². The van der Waals surface area contributed by atoms with Crippen LogP contribution in [0.4, 0.5) is 0 Å². The van der Waals surface area contributed by atoms with Crippen LogP contribution in [0.25, 0.3) is 0 Å². The number of hydrogen-bond donors (Lipinski definition) is 0. The first kappa shape index (κ1) is 18.6. The molecule has 0 aliphatic carbocycles. The Balaban J connectivity index is 4.14. The van der Waals surface area contributed by atoms with Gasteiger partial charge in [-0.3, -0.25) is 13.6 Å². The molecule has 0 aliphatic rings. The summed E-state index contributed by atoms with van der Waals surface area (Å²) in [6.45, 7) is 9.53. The van der Waals surface area contributed by atoms with Gasteiger partial charge in [-0.05, 0) is 13.8 Å². The van der Waals surface area contributed by atoms with Gasteiger partial charge in [0.25, 0.3) is 0 Å². The maximum absolute atomic E-state index is 11.5. The molecule has 2 atom stereocenters. The minimum atomic E-state index is -3.03. The fraction of sp³-hybridized carbons (Fsp3) is 0.500. The first-order valence-corrected chi connectivity index (χ1v) is 7.07. The molecule has 0 radical (unpaired) electrons. The molecule has 0 N–H and O–H groups in total. The molecule has 0 heterocycles. The van der Waals surface area contributed by atoms with Gasteiger partial charge >= 0.3 is 20.2 Å². The Morgan fingerprint density at radius 3 is 1.65 bits per heavy atom. The summed E-state index contributed by atoms with van der Waals surface area (Å²) in [6, 6.07) is 0. The van der Waals surface area contributed by atoms with Crippen molar-refractivity contribution in [3.63, 3.8) is 0 Å². The third kappa shape index (κ3) is 7.89. The Hall–Kier alpha value is -1.43. The summed E-state index contributed by atoms with van der Waals surface area (Å²) in [5.74, 6) is -1.40. The smallest absolute Gasteiger partial charge is 0.335 e. The molecule has 0 aromatic rings. The number of hydrogen-bond acceptors (Lipinski definition) is 7. The van der Waals surface area contributed by atoms with Gasteiger partial charge in [-0.1, -0.05) is 25.3 Å². The molecule has 0 bridgehead atoms. The molecule has 0 fully saturated rings. The molecule has 7 nitrogen and oxygen atoms in total. The van der Waals surface area contributed by atoms with Crippen molar-refractivity contribution >= 4 is 20.2 Å². The van der Waals surface area contributed by atoms with Gasteiger partial charge in [0.05, 0.1) is 0 Å². The summed E-state index contributed by atoms with van der Waals surface area (Å²) in [7, 11) is -3.03. The minimum absolute atomic E-state index is 0.0264. The van der Waals surface area contributed by atoms with E-state index in [0.29, 0.717) is 0 Å². The zero-order chi connectivity index (χ0) is 15.5. The van der Waals surface area contributed by atoms with Crippen LogP contribution in [0.3, 0.4) is 0 Å². The molecule has 0 amide bonds. The molecular formula is C12H19O7P. The Morgan fingerprint density at radius 1 is 1.00 bits per heavy atom. The van der Waals surface area contributed by atoms with Crippen LogP contribution in [0, 0.1) is 0 Å². The van der Waals surface area contributed by atoms with Crippen LogP contribution in [0.15, 0.2) is 25.3 Å². The van der Waals surface area contributed by atoms with Crippen LogP contribution < -0.4 is 0 Å². The van der Waals surface area contributed by atoms with Gasteiger partial charge in [0.1, 0.15) is 13.2 Å². The van der Waals surface area contributed by atoms with E-state index < -0.39 is 32.4 Å². The molecule has 0 spiro atoms. The van der Waals surface area contributed by atoms with Gasteiger partial charge in [0.2, 0.25) is 0 Å². The van der Waals surface area contributed by atoms with Gasteiger partial charge in [0, 0.05) is 0 Å². The highest BCUT2D eigenvalue weighted by atomic mass is 31.1. The maximum Gasteiger partial charge on any atom is 0.335 e. The highest BCUT2D eigenvalue weighted by Gasteiger charge is 2.22. The SMILES string of the molecule is C=CCOC(=O)C(C)O[PH](=O)OC(C)C(=O)OCC=C. The van der Waals surface area contributed by atoms with Crippen molar-refractivity contribution in [3.8, 4) is 0 Å². The lowest BCUT2D eigenvalue weighted by Gasteiger charge is -2.14. The molecular weight excluding hydrogens is 287 g/mol. The van der Waals surface area contributed by atoms with Crippen LogP contribution in [-0.4, -0.2) is 37.4 Å². The number of ether oxygens (including phenoxy) is 2. The lowest BCUT2D eigenvalue weighted by atomic mass is 10.4. The number of esters is 2. The lowest BCUT2D eigenvalue weighted by Crippen LogP contribution is -2.24. The summed E-state index contributed by atoms with van der Waals surface area (Å²) < 4.78 is 30.5. The van der Waals surface area contributed by atoms with Gasteiger partial charge in [-0.25, -0.2) is 9.59 Å². The zero-order valence-electron chi connectivity index (χ0n) is 11.5. The molecule has 2 unspecified atom stereocenters. The van der Waals surface area contributed by atoms with Gasteiger partial charge in [-0.15, -0.1) is 0 Å². The molecule has 114 valence electrons. The van der Waals surface area contributed by atoms with Gasteiger partial charge in [-0.2, -0.15) is 0 Å². The van der Waals surface area contributed by atoms with E-state index in [4.69, 9.17) is 18.5 Å². The molecule has 0 aromatic heterocycles. The van der Waals surface area contributed by atoms with E-state index >= 15 is 0 Å². The van der Waals surface area contributed by atoms with E-state index in [1.165, 1.54) is 26.0 Å². The van der Waals surface area contributed by atoms with Crippen molar-refractivity contribution in [1.29, 1.82) is 0 Å². The zero-order valence-corrected chi connectivity index (χ0v) is 12.5. The quantitative estimate of drug-likeness (QED) is 0.344. The predicted octanol–water partition coefficient (Wildman–Crippen LogP) is 1.64. The van der Waals surface area contributed by atoms with Crippen molar-refractivity contribution in [3.05, 3.63) is 25.3 Å². The fourth-order valence-electron chi connectivity index (χ4n) is 0.930. The Bertz CT molecular complexity index is 346. The second-order valence-corrected chi connectivity index (χ2v) is 4.58. The van der Waals surface area contributed by atoms with Crippen LogP contribution in [0.5, 0.6) is 0 Å². The molecule has 0 saturated carbocycles. The summed E-state index contributed by atoms with van der Waals surface area (Å²) in [5, 5.41) is 0. The van der Waals surface area contributed by atoms with E-state index in [1.54, 1.807) is 0 Å². The monoisotopic (exact) mass is 306 g/mol. The third-order valence-electron chi connectivity index (χ3n) is 1.90. The van der Waals surface area contributed by atoms with Crippen molar-refractivity contribution in [1.82, 2.24) is 0 Å². The van der Waals surface area contributed by atoms with Gasteiger partial charge < -0.3 is 9.47 Å². The molecule has 0 saturated heterocycles. The first-order chi connectivity index (χ1) is 9.42. The lowest BCUT2D eigenvalue weighted by molar-refractivity contribution is -0.151. The number of carbonyl (C=O) groups excluding carboxylic acids is 2. The first-order valence-electron chi connectivity index (χ1n) is 5.84. The molecule has 20 heavy (non-hydrogen) atoms. The number of carbonyl (C=O) groups is 2. The average molecular weight is 306 g/mol. The normalized spacial score (nSPS) is 14.7. The van der Waals surface area contributed by atoms with E-state index in [-0.39, 0.29) is 13.2 Å². The van der Waals surface area contributed by atoms with Crippen LogP contribution >= 0.6 is 8.25 Å². The summed E-state index contributed by atoms with van der Waals surface area (Å²) in [5.41, 5.74) is 0. The Labute approximate surface area is 118 Å². The van der Waals surface area contributed by atoms with E-state index in [1.807, 2.05) is 0 Å². The second kappa shape index (κ2) is 10.4. The van der Waals surface area contributed by atoms with Crippen LogP contribution in [-0.2, 0) is 32.7 Å². The van der Waals surface area contributed by atoms with Gasteiger partial charge in [0.15, 0.2) is 12.2 Å². The molecule has 0 rings (SSSR count). The van der Waals surface area contributed by atoms with Crippen LogP contribution in [0.2, 0.25) is 0 Å². The standard InChI is InChI=1S/C12H19O7P/c1-5-7-16-11(13)9(3)18-20(15)19-10(4)12(14)17-8-6-2/h5-6,9-10,20H,1-2,7-8H2,3-4H3. The summed E-state index contributed by atoms with van der Waals surface area (Å²) in [4.78, 5) is 22.6. The third-order valence-corrected chi connectivity index (χ3v) is 2.99. The molecule has 0 aliphatic heterocycles. The summed E-state index contributed by atoms with van der Waals surface area (Å²) in [6.07, 6.45) is 0.638. The van der Waals surface area contributed by atoms with Crippen molar-refractivity contribution in [2.75, 3.05) is 13.2 Å². The predicted molar refractivity (Wildman–Crippen MR) is 72.4 cm³/mol. The Morgan fingerprint density at radius 2 is 1.35 bits per heavy atom. The highest BCUT2D eigenvalue weighted by molar-refractivity contribution is 7.33. The van der Waals surface area contributed by atoms with E-state index in [9.17, 15) is 14.2 Å².